The molecule has 0 radical (unpaired) electrons. The average molecular weight is 220 g/mol. The molecule has 0 amide bonds. The quantitative estimate of drug-likeness (QED) is 0.829. The van der Waals surface area contributed by atoms with Crippen LogP contribution in [0.2, 0.25) is 0 Å². The average Bonchev–Trinajstić information content (AvgIpc) is 2.57. The summed E-state index contributed by atoms with van der Waals surface area (Å²) < 4.78 is 0. The summed E-state index contributed by atoms with van der Waals surface area (Å²) in [6.07, 6.45) is 6.36. The van der Waals surface area contributed by atoms with E-state index in [4.69, 9.17) is 5.11 Å². The molecule has 86 valence electrons. The van der Waals surface area contributed by atoms with Crippen LogP contribution < -0.4 is 4.90 Å². The van der Waals surface area contributed by atoms with Gasteiger partial charge in [-0.1, -0.05) is 12.8 Å². The van der Waals surface area contributed by atoms with Crippen LogP contribution in [0.5, 0.6) is 0 Å². The van der Waals surface area contributed by atoms with Gasteiger partial charge in [-0.2, -0.15) is 0 Å². The van der Waals surface area contributed by atoms with Crippen molar-refractivity contribution in [3.8, 4) is 0 Å². The fraction of sp³-hybridized carbons (Fsp3) is 0.500. The van der Waals surface area contributed by atoms with Crippen molar-refractivity contribution in [1.82, 2.24) is 4.98 Å². The van der Waals surface area contributed by atoms with Gasteiger partial charge in [0, 0.05) is 19.3 Å². The van der Waals surface area contributed by atoms with E-state index in [0.717, 1.165) is 25.9 Å². The number of aromatic carboxylic acids is 1. The molecule has 0 atom stereocenters. The van der Waals surface area contributed by atoms with E-state index in [1.807, 2.05) is 0 Å². The number of aromatic nitrogens is 1. The molecule has 2 rings (SSSR count). The van der Waals surface area contributed by atoms with Crippen LogP contribution in [0.25, 0.3) is 0 Å². The minimum atomic E-state index is -0.896. The van der Waals surface area contributed by atoms with E-state index in [1.165, 1.54) is 12.8 Å². The summed E-state index contributed by atoms with van der Waals surface area (Å²) in [5.74, 6) is -0.274. The van der Waals surface area contributed by atoms with Crippen LogP contribution in [0.1, 0.15) is 36.0 Å². The van der Waals surface area contributed by atoms with Crippen molar-refractivity contribution in [1.29, 1.82) is 0 Å². The maximum Gasteiger partial charge on any atom is 0.339 e. The molecule has 1 aromatic heterocycles. The molecule has 4 heteroatoms. The number of rotatable bonds is 2. The summed E-state index contributed by atoms with van der Waals surface area (Å²) in [4.78, 5) is 17.4. The zero-order chi connectivity index (χ0) is 11.4. The Kier molecular flexibility index (Phi) is 3.39. The van der Waals surface area contributed by atoms with Crippen molar-refractivity contribution in [3.05, 3.63) is 23.9 Å². The second-order valence-electron chi connectivity index (χ2n) is 4.08. The first-order valence-corrected chi connectivity index (χ1v) is 5.72. The maximum atomic E-state index is 11.1. The van der Waals surface area contributed by atoms with Gasteiger partial charge in [-0.05, 0) is 25.0 Å². The number of anilines is 1. The van der Waals surface area contributed by atoms with E-state index >= 15 is 0 Å². The summed E-state index contributed by atoms with van der Waals surface area (Å²) in [6.45, 7) is 1.83. The van der Waals surface area contributed by atoms with E-state index < -0.39 is 5.97 Å². The summed E-state index contributed by atoms with van der Waals surface area (Å²) in [5, 5.41) is 9.10. The van der Waals surface area contributed by atoms with E-state index in [0.29, 0.717) is 11.4 Å². The third-order valence-corrected chi connectivity index (χ3v) is 2.92. The fourth-order valence-electron chi connectivity index (χ4n) is 2.10. The van der Waals surface area contributed by atoms with Crippen molar-refractivity contribution in [2.24, 2.45) is 0 Å². The van der Waals surface area contributed by atoms with Gasteiger partial charge in [0.1, 0.15) is 11.4 Å². The first-order valence-electron chi connectivity index (χ1n) is 5.72. The lowest BCUT2D eigenvalue weighted by Crippen LogP contribution is -2.26. The van der Waals surface area contributed by atoms with Crippen molar-refractivity contribution in [2.45, 2.75) is 25.7 Å². The zero-order valence-corrected chi connectivity index (χ0v) is 9.22. The van der Waals surface area contributed by atoms with E-state index in [2.05, 4.69) is 9.88 Å². The third kappa shape index (κ3) is 2.32. The Morgan fingerprint density at radius 3 is 2.56 bits per heavy atom. The van der Waals surface area contributed by atoms with Gasteiger partial charge in [0.2, 0.25) is 0 Å². The van der Waals surface area contributed by atoms with Crippen LogP contribution in [-0.4, -0.2) is 29.1 Å². The molecule has 0 spiro atoms. The van der Waals surface area contributed by atoms with Crippen molar-refractivity contribution in [3.63, 3.8) is 0 Å². The lowest BCUT2D eigenvalue weighted by atomic mass is 10.2. The van der Waals surface area contributed by atoms with Crippen LogP contribution in [0.15, 0.2) is 18.3 Å². The molecule has 0 bridgehead atoms. The Morgan fingerprint density at radius 2 is 1.94 bits per heavy atom. The van der Waals surface area contributed by atoms with Crippen molar-refractivity contribution in [2.75, 3.05) is 18.0 Å². The first-order chi connectivity index (χ1) is 7.79. The molecule has 1 fully saturated rings. The molecule has 16 heavy (non-hydrogen) atoms. The molecular weight excluding hydrogens is 204 g/mol. The topological polar surface area (TPSA) is 53.4 Å². The largest absolute Gasteiger partial charge is 0.478 e. The minimum absolute atomic E-state index is 0.310. The molecule has 0 saturated carbocycles. The summed E-state index contributed by atoms with van der Waals surface area (Å²) in [7, 11) is 0. The predicted octanol–water partition coefficient (Wildman–Crippen LogP) is 2.16. The molecule has 0 aromatic carbocycles. The van der Waals surface area contributed by atoms with E-state index in [1.54, 1.807) is 18.3 Å². The van der Waals surface area contributed by atoms with Crippen LogP contribution in [0, 0.1) is 0 Å². The zero-order valence-electron chi connectivity index (χ0n) is 9.22. The van der Waals surface area contributed by atoms with Crippen LogP contribution >= 0.6 is 0 Å². The van der Waals surface area contributed by atoms with Gasteiger partial charge in [0.15, 0.2) is 0 Å². The lowest BCUT2D eigenvalue weighted by Gasteiger charge is -2.22. The predicted molar refractivity (Wildman–Crippen MR) is 61.9 cm³/mol. The Morgan fingerprint density at radius 1 is 1.25 bits per heavy atom. The molecule has 0 aliphatic carbocycles. The van der Waals surface area contributed by atoms with E-state index in [9.17, 15) is 4.79 Å². The van der Waals surface area contributed by atoms with Crippen molar-refractivity contribution >= 4 is 11.8 Å². The highest BCUT2D eigenvalue weighted by Crippen LogP contribution is 2.21. The Labute approximate surface area is 94.9 Å². The van der Waals surface area contributed by atoms with Gasteiger partial charge in [-0.15, -0.1) is 0 Å². The third-order valence-electron chi connectivity index (χ3n) is 2.92. The number of nitrogens with zero attached hydrogens (tertiary/aromatic N) is 2. The number of carbonyl (C=O) groups is 1. The summed E-state index contributed by atoms with van der Waals surface area (Å²) in [6, 6.07) is 3.29. The Balaban J connectivity index is 2.27. The molecule has 1 saturated heterocycles. The Bertz CT molecular complexity index is 371. The van der Waals surface area contributed by atoms with E-state index in [-0.39, 0.29) is 0 Å². The fourth-order valence-corrected chi connectivity index (χ4v) is 2.10. The van der Waals surface area contributed by atoms with Gasteiger partial charge in [-0.25, -0.2) is 9.78 Å². The molecule has 1 aromatic rings. The van der Waals surface area contributed by atoms with Gasteiger partial charge in [0.05, 0.1) is 0 Å². The van der Waals surface area contributed by atoms with Gasteiger partial charge >= 0.3 is 5.97 Å². The summed E-state index contributed by atoms with van der Waals surface area (Å²) in [5.41, 5.74) is 0.310. The molecule has 4 nitrogen and oxygen atoms in total. The second-order valence-corrected chi connectivity index (χ2v) is 4.08. The highest BCUT2D eigenvalue weighted by atomic mass is 16.4. The van der Waals surface area contributed by atoms with Crippen LogP contribution in [0.4, 0.5) is 5.82 Å². The number of hydrogen-bond donors (Lipinski definition) is 1. The standard InChI is InChI=1S/C12H16N2O2/c15-12(16)10-6-5-7-13-11(10)14-8-3-1-2-4-9-14/h5-7H,1-4,8-9H2,(H,15,16). The smallest absolute Gasteiger partial charge is 0.339 e. The van der Waals surface area contributed by atoms with Crippen LogP contribution in [0.3, 0.4) is 0 Å². The second kappa shape index (κ2) is 4.96. The molecule has 1 aliphatic rings. The summed E-state index contributed by atoms with van der Waals surface area (Å²) >= 11 is 0. The molecular formula is C12H16N2O2. The molecule has 1 N–H and O–H groups in total. The van der Waals surface area contributed by atoms with Crippen LogP contribution in [-0.2, 0) is 0 Å². The van der Waals surface area contributed by atoms with Gasteiger partial charge < -0.3 is 10.0 Å². The van der Waals surface area contributed by atoms with Gasteiger partial charge in [0.25, 0.3) is 0 Å². The minimum Gasteiger partial charge on any atom is -0.478 e. The highest BCUT2D eigenvalue weighted by molar-refractivity contribution is 5.93. The normalized spacial score (nSPS) is 16.9. The first kappa shape index (κ1) is 10.9. The van der Waals surface area contributed by atoms with Gasteiger partial charge in [-0.3, -0.25) is 0 Å². The Hall–Kier alpha value is -1.58. The number of carboxylic acids is 1. The van der Waals surface area contributed by atoms with Crippen molar-refractivity contribution < 1.29 is 9.90 Å². The number of hydrogen-bond acceptors (Lipinski definition) is 3. The molecule has 2 heterocycles. The highest BCUT2D eigenvalue weighted by Gasteiger charge is 2.17. The molecule has 1 aliphatic heterocycles. The molecule has 0 unspecified atom stereocenters. The lowest BCUT2D eigenvalue weighted by molar-refractivity contribution is 0.0697. The maximum absolute atomic E-state index is 11.1. The number of pyridine rings is 1. The number of carboxylic acid groups (broad SMARTS) is 1. The monoisotopic (exact) mass is 220 g/mol. The SMILES string of the molecule is O=C(O)c1cccnc1N1CCCCCC1.